The second-order valence-corrected chi connectivity index (χ2v) is 5.77. The maximum atomic E-state index is 7.66. The second kappa shape index (κ2) is 6.12. The van der Waals surface area contributed by atoms with Crippen molar-refractivity contribution in [1.29, 1.82) is 5.41 Å². The van der Waals surface area contributed by atoms with E-state index in [9.17, 15) is 0 Å². The van der Waals surface area contributed by atoms with Gasteiger partial charge in [-0.2, -0.15) is 0 Å². The Balaban J connectivity index is 2.32. The number of hydrogen-bond acceptors (Lipinski definition) is 3. The number of nitrogens with one attached hydrogen (secondary N) is 1. The highest BCUT2D eigenvalue weighted by atomic mass is 79.9. The van der Waals surface area contributed by atoms with E-state index in [2.05, 4.69) is 15.9 Å². The highest BCUT2D eigenvalue weighted by Gasteiger charge is 2.10. The van der Waals surface area contributed by atoms with Gasteiger partial charge in [0.15, 0.2) is 0 Å². The summed E-state index contributed by atoms with van der Waals surface area (Å²) in [7, 11) is 1.64. The first-order valence-corrected chi connectivity index (χ1v) is 7.17. The van der Waals surface area contributed by atoms with E-state index in [0.29, 0.717) is 0 Å². The molecule has 5 heteroatoms. The van der Waals surface area contributed by atoms with Crippen LogP contribution in [0.4, 0.5) is 0 Å². The first-order valence-electron chi connectivity index (χ1n) is 5.56. The molecule has 0 aliphatic carbocycles. The molecule has 3 nitrogen and oxygen atoms in total. The number of amidine groups is 1. The van der Waals surface area contributed by atoms with Crippen molar-refractivity contribution in [1.82, 2.24) is 0 Å². The number of methoxy groups -OCH3 is 1. The average molecular weight is 337 g/mol. The molecule has 0 heterocycles. The Morgan fingerprint density at radius 1 is 1.21 bits per heavy atom. The van der Waals surface area contributed by atoms with E-state index in [-0.39, 0.29) is 5.84 Å². The third kappa shape index (κ3) is 3.30. The van der Waals surface area contributed by atoms with Crippen molar-refractivity contribution in [2.24, 2.45) is 5.73 Å². The van der Waals surface area contributed by atoms with Gasteiger partial charge < -0.3 is 10.5 Å². The van der Waals surface area contributed by atoms with Gasteiger partial charge in [0.25, 0.3) is 0 Å². The van der Waals surface area contributed by atoms with Crippen LogP contribution in [0.3, 0.4) is 0 Å². The fourth-order valence-corrected chi connectivity index (χ4v) is 3.33. The number of hydrogen-bond donors (Lipinski definition) is 2. The highest BCUT2D eigenvalue weighted by molar-refractivity contribution is 9.10. The molecule has 0 saturated heterocycles. The SMILES string of the molecule is COc1ccc(Sc2cccc(Br)c2C(=N)N)cc1. The first kappa shape index (κ1) is 14.0. The lowest BCUT2D eigenvalue weighted by Gasteiger charge is -2.10. The van der Waals surface area contributed by atoms with Crippen molar-refractivity contribution < 1.29 is 4.74 Å². The van der Waals surface area contributed by atoms with Crippen LogP contribution in [0.5, 0.6) is 5.75 Å². The normalized spacial score (nSPS) is 10.2. The van der Waals surface area contributed by atoms with Crippen LogP contribution in [0, 0.1) is 5.41 Å². The van der Waals surface area contributed by atoms with Gasteiger partial charge in [0.1, 0.15) is 11.6 Å². The van der Waals surface area contributed by atoms with Crippen molar-refractivity contribution in [3.8, 4) is 5.75 Å². The molecule has 0 unspecified atom stereocenters. The molecular formula is C14H13BrN2OS. The van der Waals surface area contributed by atoms with Crippen LogP contribution in [-0.4, -0.2) is 12.9 Å². The van der Waals surface area contributed by atoms with Crippen LogP contribution in [0.25, 0.3) is 0 Å². The van der Waals surface area contributed by atoms with Crippen LogP contribution in [0.15, 0.2) is 56.7 Å². The molecule has 0 radical (unpaired) electrons. The monoisotopic (exact) mass is 336 g/mol. The molecule has 0 amide bonds. The molecule has 0 fully saturated rings. The van der Waals surface area contributed by atoms with Gasteiger partial charge >= 0.3 is 0 Å². The Kier molecular flexibility index (Phi) is 4.50. The summed E-state index contributed by atoms with van der Waals surface area (Å²) in [6.45, 7) is 0. The minimum Gasteiger partial charge on any atom is -0.497 e. The topological polar surface area (TPSA) is 59.1 Å². The zero-order valence-electron chi connectivity index (χ0n) is 10.3. The van der Waals surface area contributed by atoms with E-state index in [1.54, 1.807) is 18.9 Å². The molecule has 2 aromatic rings. The van der Waals surface area contributed by atoms with Gasteiger partial charge in [0.2, 0.25) is 0 Å². The molecule has 0 spiro atoms. The molecule has 2 aromatic carbocycles. The van der Waals surface area contributed by atoms with Gasteiger partial charge in [-0.05, 0) is 52.3 Å². The first-order chi connectivity index (χ1) is 9.11. The number of ether oxygens (including phenoxy) is 1. The molecule has 0 atom stereocenters. The van der Waals surface area contributed by atoms with E-state index in [1.165, 1.54) is 0 Å². The van der Waals surface area contributed by atoms with Crippen LogP contribution < -0.4 is 10.5 Å². The third-order valence-electron chi connectivity index (χ3n) is 2.53. The van der Waals surface area contributed by atoms with Crippen molar-refractivity contribution in [2.75, 3.05) is 7.11 Å². The van der Waals surface area contributed by atoms with E-state index in [4.69, 9.17) is 15.9 Å². The van der Waals surface area contributed by atoms with Crippen molar-refractivity contribution in [2.45, 2.75) is 9.79 Å². The van der Waals surface area contributed by atoms with Gasteiger partial charge in [-0.25, -0.2) is 0 Å². The summed E-state index contributed by atoms with van der Waals surface area (Å²) in [4.78, 5) is 2.02. The van der Waals surface area contributed by atoms with E-state index < -0.39 is 0 Å². The smallest absolute Gasteiger partial charge is 0.125 e. The Hall–Kier alpha value is -1.46. The number of rotatable bonds is 4. The summed E-state index contributed by atoms with van der Waals surface area (Å²) >= 11 is 5.00. The minimum absolute atomic E-state index is 0.0588. The van der Waals surface area contributed by atoms with Crippen molar-refractivity contribution in [3.05, 3.63) is 52.5 Å². The molecule has 98 valence electrons. The predicted octanol–water partition coefficient (Wildman–Crippen LogP) is 3.89. The molecule has 3 N–H and O–H groups in total. The Bertz CT molecular complexity index is 599. The zero-order chi connectivity index (χ0) is 13.8. The second-order valence-electron chi connectivity index (χ2n) is 3.80. The summed E-state index contributed by atoms with van der Waals surface area (Å²) in [5.74, 6) is 0.883. The summed E-state index contributed by atoms with van der Waals surface area (Å²) in [6.07, 6.45) is 0. The van der Waals surface area contributed by atoms with Gasteiger partial charge in [0.05, 0.1) is 7.11 Å². The van der Waals surface area contributed by atoms with Gasteiger partial charge in [-0.3, -0.25) is 5.41 Å². The summed E-state index contributed by atoms with van der Waals surface area (Å²) in [5.41, 5.74) is 6.36. The van der Waals surface area contributed by atoms with Crippen LogP contribution in [-0.2, 0) is 0 Å². The predicted molar refractivity (Wildman–Crippen MR) is 82.3 cm³/mol. The molecule has 2 rings (SSSR count). The lowest BCUT2D eigenvalue weighted by molar-refractivity contribution is 0.414. The molecule has 19 heavy (non-hydrogen) atoms. The lowest BCUT2D eigenvalue weighted by Crippen LogP contribution is -2.13. The van der Waals surface area contributed by atoms with E-state index in [1.807, 2.05) is 42.5 Å². The van der Waals surface area contributed by atoms with E-state index >= 15 is 0 Å². The maximum absolute atomic E-state index is 7.66. The molecular weight excluding hydrogens is 324 g/mol. The third-order valence-corrected chi connectivity index (χ3v) is 4.26. The Labute approximate surface area is 124 Å². The fourth-order valence-electron chi connectivity index (χ4n) is 1.62. The van der Waals surface area contributed by atoms with Crippen LogP contribution in [0.1, 0.15) is 5.56 Å². The number of nitrogens with two attached hydrogens (primary N) is 1. The molecule has 0 bridgehead atoms. The largest absolute Gasteiger partial charge is 0.497 e. The van der Waals surface area contributed by atoms with Gasteiger partial charge in [0, 0.05) is 19.8 Å². The van der Waals surface area contributed by atoms with Crippen LogP contribution in [0.2, 0.25) is 0 Å². The number of benzene rings is 2. The van der Waals surface area contributed by atoms with Crippen molar-refractivity contribution in [3.63, 3.8) is 0 Å². The molecule has 0 aliphatic heterocycles. The Morgan fingerprint density at radius 3 is 2.47 bits per heavy atom. The number of halogens is 1. The summed E-state index contributed by atoms with van der Waals surface area (Å²) in [5, 5.41) is 7.66. The summed E-state index contributed by atoms with van der Waals surface area (Å²) in [6, 6.07) is 13.6. The van der Waals surface area contributed by atoms with Gasteiger partial charge in [-0.1, -0.05) is 17.8 Å². The van der Waals surface area contributed by atoms with Gasteiger partial charge in [-0.15, -0.1) is 0 Å². The molecule has 0 aliphatic rings. The van der Waals surface area contributed by atoms with Crippen LogP contribution >= 0.6 is 27.7 Å². The maximum Gasteiger partial charge on any atom is 0.125 e. The zero-order valence-corrected chi connectivity index (χ0v) is 12.7. The minimum atomic E-state index is 0.0588. The summed E-state index contributed by atoms with van der Waals surface area (Å²) < 4.78 is 5.96. The quantitative estimate of drug-likeness (QED) is 0.657. The Morgan fingerprint density at radius 2 is 1.89 bits per heavy atom. The molecule has 0 saturated carbocycles. The standard InChI is InChI=1S/C14H13BrN2OS/c1-18-9-5-7-10(8-6-9)19-12-4-2-3-11(15)13(12)14(16)17/h2-8H,1H3,(H3,16,17). The fraction of sp³-hybridized carbons (Fsp3) is 0.0714. The van der Waals surface area contributed by atoms with E-state index in [0.717, 1.165) is 25.6 Å². The number of nitrogen functional groups attached to an aromatic ring is 1. The highest BCUT2D eigenvalue weighted by Crippen LogP contribution is 2.34. The average Bonchev–Trinajstić information content (AvgIpc) is 2.39. The lowest BCUT2D eigenvalue weighted by atomic mass is 10.2. The van der Waals surface area contributed by atoms with Crippen molar-refractivity contribution >= 4 is 33.5 Å². The molecule has 0 aromatic heterocycles.